The number of hydrogen-bond donors (Lipinski definition) is 2. The van der Waals surface area contributed by atoms with Crippen LogP contribution in [0.25, 0.3) is 11.3 Å². The van der Waals surface area contributed by atoms with E-state index in [0.29, 0.717) is 11.3 Å². The van der Waals surface area contributed by atoms with Crippen molar-refractivity contribution in [3.63, 3.8) is 0 Å². The van der Waals surface area contributed by atoms with Crippen LogP contribution < -0.4 is 11.1 Å². The van der Waals surface area contributed by atoms with Crippen molar-refractivity contribution < 1.29 is 9.32 Å². The van der Waals surface area contributed by atoms with Crippen molar-refractivity contribution >= 4 is 11.8 Å². The summed E-state index contributed by atoms with van der Waals surface area (Å²) in [5.41, 5.74) is 8.16. The largest absolute Gasteiger partial charge is 0.367 e. The molecule has 122 valence electrons. The van der Waals surface area contributed by atoms with E-state index in [4.69, 9.17) is 10.3 Å². The van der Waals surface area contributed by atoms with E-state index in [1.807, 2.05) is 37.3 Å². The second-order valence-electron chi connectivity index (χ2n) is 5.36. The predicted molar refractivity (Wildman–Crippen MR) is 91.1 cm³/mol. The van der Waals surface area contributed by atoms with Crippen molar-refractivity contribution in [3.05, 3.63) is 66.0 Å². The number of nitrogens with two attached hydrogens (primary N) is 1. The van der Waals surface area contributed by atoms with E-state index in [2.05, 4.69) is 15.5 Å². The van der Waals surface area contributed by atoms with Gasteiger partial charge in [-0.15, -0.1) is 0 Å². The first-order valence-electron chi connectivity index (χ1n) is 7.72. The van der Waals surface area contributed by atoms with Crippen LogP contribution in [0.1, 0.15) is 35.3 Å². The van der Waals surface area contributed by atoms with Gasteiger partial charge in [0, 0.05) is 18.0 Å². The third kappa shape index (κ3) is 3.12. The minimum Gasteiger partial charge on any atom is -0.367 e. The highest BCUT2D eigenvalue weighted by molar-refractivity contribution is 6.03. The number of nitrogens with zero attached hydrogens (tertiary/aromatic N) is 2. The minimum atomic E-state index is -0.316. The number of nitrogen functional groups attached to an aromatic ring is 1. The lowest BCUT2D eigenvalue weighted by atomic mass is 10.0. The highest BCUT2D eigenvalue weighted by atomic mass is 16.5. The molecule has 3 rings (SSSR count). The van der Waals surface area contributed by atoms with Gasteiger partial charge in [-0.25, -0.2) is 0 Å². The molecule has 0 fully saturated rings. The quantitative estimate of drug-likeness (QED) is 0.752. The summed E-state index contributed by atoms with van der Waals surface area (Å²) >= 11 is 0. The predicted octanol–water partition coefficient (Wildman–Crippen LogP) is 3.20. The van der Waals surface area contributed by atoms with Crippen LogP contribution in [0, 0.1) is 0 Å². The first kappa shape index (κ1) is 15.7. The van der Waals surface area contributed by atoms with E-state index < -0.39 is 0 Å². The molecule has 2 heterocycles. The molecule has 0 radical (unpaired) electrons. The number of pyridine rings is 1. The van der Waals surface area contributed by atoms with Crippen LogP contribution >= 0.6 is 0 Å². The molecule has 0 bridgehead atoms. The van der Waals surface area contributed by atoms with Crippen molar-refractivity contribution in [3.8, 4) is 11.3 Å². The summed E-state index contributed by atoms with van der Waals surface area (Å²) in [5.74, 6) is -0.322. The van der Waals surface area contributed by atoms with Crippen LogP contribution in [0.15, 0.2) is 59.4 Å². The van der Waals surface area contributed by atoms with E-state index in [0.717, 1.165) is 12.0 Å². The van der Waals surface area contributed by atoms with E-state index in [9.17, 15) is 4.79 Å². The van der Waals surface area contributed by atoms with Crippen molar-refractivity contribution in [2.75, 3.05) is 5.73 Å². The van der Waals surface area contributed by atoms with Crippen LogP contribution in [0.2, 0.25) is 0 Å². The lowest BCUT2D eigenvalue weighted by Gasteiger charge is -2.17. The number of anilines is 1. The molecular weight excluding hydrogens is 304 g/mol. The smallest absolute Gasteiger partial charge is 0.259 e. The molecule has 3 N–H and O–H groups in total. The molecule has 1 atom stereocenters. The van der Waals surface area contributed by atoms with E-state index in [1.165, 1.54) is 0 Å². The number of carbonyl (C=O) groups is 1. The third-order valence-electron chi connectivity index (χ3n) is 3.80. The molecule has 6 nitrogen and oxygen atoms in total. The lowest BCUT2D eigenvalue weighted by molar-refractivity contribution is 0.0936. The Morgan fingerprint density at radius 1 is 1.25 bits per heavy atom. The van der Waals surface area contributed by atoms with Gasteiger partial charge in [0.25, 0.3) is 5.91 Å². The molecule has 3 aromatic rings. The monoisotopic (exact) mass is 322 g/mol. The Bertz CT molecular complexity index is 816. The van der Waals surface area contributed by atoms with Crippen LogP contribution in [-0.2, 0) is 0 Å². The van der Waals surface area contributed by atoms with Crippen molar-refractivity contribution in [1.29, 1.82) is 0 Å². The Balaban J connectivity index is 1.89. The fourth-order valence-corrected chi connectivity index (χ4v) is 2.56. The Labute approximate surface area is 139 Å². The molecule has 0 aliphatic heterocycles. The van der Waals surface area contributed by atoms with Gasteiger partial charge in [0.2, 0.25) is 5.88 Å². The Kier molecular flexibility index (Phi) is 4.56. The zero-order valence-electron chi connectivity index (χ0n) is 13.3. The molecule has 0 saturated carbocycles. The summed E-state index contributed by atoms with van der Waals surface area (Å²) in [6, 6.07) is 13.2. The van der Waals surface area contributed by atoms with Gasteiger partial charge >= 0.3 is 0 Å². The number of benzene rings is 1. The molecule has 0 aliphatic carbocycles. The number of rotatable bonds is 5. The van der Waals surface area contributed by atoms with Crippen LogP contribution in [0.5, 0.6) is 0 Å². The summed E-state index contributed by atoms with van der Waals surface area (Å²) in [7, 11) is 0. The molecule has 0 spiro atoms. The van der Waals surface area contributed by atoms with Gasteiger partial charge in [-0.05, 0) is 24.1 Å². The maximum atomic E-state index is 12.8. The van der Waals surface area contributed by atoms with Gasteiger partial charge in [0.1, 0.15) is 11.3 Å². The van der Waals surface area contributed by atoms with Crippen molar-refractivity contribution in [2.45, 2.75) is 19.4 Å². The Hall–Kier alpha value is -3.15. The summed E-state index contributed by atoms with van der Waals surface area (Å²) in [5, 5.41) is 6.91. The maximum absolute atomic E-state index is 12.8. The molecule has 1 unspecified atom stereocenters. The highest BCUT2D eigenvalue weighted by Gasteiger charge is 2.24. The second kappa shape index (κ2) is 6.95. The molecule has 24 heavy (non-hydrogen) atoms. The average Bonchev–Trinajstić information content (AvgIpc) is 3.02. The maximum Gasteiger partial charge on any atom is 0.259 e. The first-order chi connectivity index (χ1) is 11.7. The van der Waals surface area contributed by atoms with E-state index in [1.54, 1.807) is 24.5 Å². The highest BCUT2D eigenvalue weighted by Crippen LogP contribution is 2.27. The van der Waals surface area contributed by atoms with Gasteiger partial charge in [-0.1, -0.05) is 42.4 Å². The molecule has 0 aliphatic rings. The lowest BCUT2D eigenvalue weighted by Crippen LogP contribution is -2.28. The van der Waals surface area contributed by atoms with Crippen molar-refractivity contribution in [1.82, 2.24) is 15.5 Å². The SMILES string of the molecule is CCC(NC(=O)c1c(-c2cccnc2)noc1N)c1ccccc1. The van der Waals surface area contributed by atoms with Crippen LogP contribution in [0.3, 0.4) is 0 Å². The Morgan fingerprint density at radius 3 is 2.71 bits per heavy atom. The molecule has 1 aromatic carbocycles. The van der Waals surface area contributed by atoms with Crippen LogP contribution in [0.4, 0.5) is 5.88 Å². The topological polar surface area (TPSA) is 94.0 Å². The fraction of sp³-hybridized carbons (Fsp3) is 0.167. The van der Waals surface area contributed by atoms with Gasteiger partial charge in [-0.2, -0.15) is 0 Å². The number of carbonyl (C=O) groups excluding carboxylic acids is 1. The molecular formula is C18H18N4O2. The second-order valence-corrected chi connectivity index (χ2v) is 5.36. The number of amides is 1. The van der Waals surface area contributed by atoms with E-state index in [-0.39, 0.29) is 23.4 Å². The van der Waals surface area contributed by atoms with Crippen molar-refractivity contribution in [2.24, 2.45) is 0 Å². The molecule has 1 amide bonds. The van der Waals surface area contributed by atoms with Gasteiger partial charge in [0.15, 0.2) is 0 Å². The number of aromatic nitrogens is 2. The van der Waals surface area contributed by atoms with Crippen LogP contribution in [-0.4, -0.2) is 16.0 Å². The third-order valence-corrected chi connectivity index (χ3v) is 3.80. The standard InChI is InChI=1S/C18H18N4O2/c1-2-14(12-7-4-3-5-8-12)21-18(23)15-16(22-24-17(15)19)13-9-6-10-20-11-13/h3-11,14H,2,19H2,1H3,(H,21,23). The summed E-state index contributed by atoms with van der Waals surface area (Å²) < 4.78 is 5.03. The number of hydrogen-bond acceptors (Lipinski definition) is 5. The van der Waals surface area contributed by atoms with E-state index >= 15 is 0 Å². The van der Waals surface area contributed by atoms with Gasteiger partial charge in [0.05, 0.1) is 6.04 Å². The zero-order valence-corrected chi connectivity index (χ0v) is 13.3. The summed E-state index contributed by atoms with van der Waals surface area (Å²) in [6.07, 6.45) is 4.01. The molecule has 2 aromatic heterocycles. The first-order valence-corrected chi connectivity index (χ1v) is 7.72. The molecule has 0 saturated heterocycles. The molecule has 6 heteroatoms. The summed E-state index contributed by atoms with van der Waals surface area (Å²) in [6.45, 7) is 2.01. The summed E-state index contributed by atoms with van der Waals surface area (Å²) in [4.78, 5) is 16.8. The van der Waals surface area contributed by atoms with Gasteiger partial charge in [-0.3, -0.25) is 9.78 Å². The normalized spacial score (nSPS) is 11.9. The van der Waals surface area contributed by atoms with Gasteiger partial charge < -0.3 is 15.6 Å². The number of nitrogens with one attached hydrogen (secondary N) is 1. The zero-order chi connectivity index (χ0) is 16.9. The average molecular weight is 322 g/mol. The fourth-order valence-electron chi connectivity index (χ4n) is 2.56. The minimum absolute atomic E-state index is 0.00531. The Morgan fingerprint density at radius 2 is 2.04 bits per heavy atom.